The number of nitrogens with zero attached hydrogens (tertiary/aromatic N) is 6. The number of halogens is 2. The van der Waals surface area contributed by atoms with Crippen LogP contribution in [0.3, 0.4) is 0 Å². The van der Waals surface area contributed by atoms with Crippen molar-refractivity contribution in [3.8, 4) is 101 Å². The summed E-state index contributed by atoms with van der Waals surface area (Å²) in [5.41, 5.74) is 26.5. The fourth-order valence-corrected chi connectivity index (χ4v) is 11.1. The summed E-state index contributed by atoms with van der Waals surface area (Å²) in [7, 11) is -3.36. The zero-order valence-electron chi connectivity index (χ0n) is 55.4. The third kappa shape index (κ3) is 20.9. The maximum absolute atomic E-state index is 8.79. The first kappa shape index (κ1) is 73.5. The van der Waals surface area contributed by atoms with Crippen LogP contribution in [-0.4, -0.2) is 64.2 Å². The van der Waals surface area contributed by atoms with Gasteiger partial charge < -0.3 is 20.1 Å². The zero-order valence-corrected chi connectivity index (χ0v) is 60.9. The summed E-state index contributed by atoms with van der Waals surface area (Å²) in [6, 6.07) is 92.6. The number of pyridine rings is 6. The largest absolute Gasteiger partial charge is 2.00 e. The Hall–Kier alpha value is -9.72. The van der Waals surface area contributed by atoms with E-state index in [1.807, 2.05) is 107 Å². The van der Waals surface area contributed by atoms with E-state index in [1.54, 1.807) is 12.1 Å². The van der Waals surface area contributed by atoms with Crippen LogP contribution in [0.5, 0.6) is 0 Å². The molecule has 0 saturated heterocycles. The van der Waals surface area contributed by atoms with Crippen molar-refractivity contribution in [2.45, 2.75) is 41.5 Å². The molecule has 0 aliphatic rings. The third-order valence-electron chi connectivity index (χ3n) is 15.6. The molecule has 0 spiro atoms. The molecule has 14 rings (SSSR count). The first-order valence-electron chi connectivity index (χ1n) is 31.8. The van der Waals surface area contributed by atoms with Crippen molar-refractivity contribution in [2.75, 3.05) is 0 Å². The van der Waals surface area contributed by atoms with Gasteiger partial charge in [-0.2, -0.15) is 0 Å². The molecule has 6 aromatic heterocycles. The molecular formula is C84H70B2Br2N6O4Pt. The SMILES string of the molecule is Cc1ccc(-c2[c-]c(-c3ccccc3-c3[c-]c(-c4ccc(C)cn4)ccc3)ccc2)nc1.Cc1ccc(-c2cccc(-c3ccccc3-c3cccc(-c4ccc(C)cn4)c3)c2)nc1.Cc1ccc(-c2cccc(Br)c2)nc1.Cc1ccc(Br)nc1.OB(O)c1ccccc1B(O)O.[Pt+2]. The Kier molecular flexibility index (Phi) is 26.9. The van der Waals surface area contributed by atoms with Crippen LogP contribution in [0.15, 0.2) is 301 Å². The molecule has 0 amide bonds. The minimum Gasteiger partial charge on any atom is -0.423 e. The Labute approximate surface area is 612 Å². The number of aromatic nitrogens is 6. The molecule has 0 radical (unpaired) electrons. The Morgan fingerprint density at radius 3 is 0.889 bits per heavy atom. The minimum absolute atomic E-state index is 0. The first-order chi connectivity index (χ1) is 47.5. The van der Waals surface area contributed by atoms with Crippen LogP contribution in [-0.2, 0) is 21.1 Å². The number of aryl methyl sites for hydroxylation is 6. The second kappa shape index (κ2) is 36.2. The Morgan fingerprint density at radius 1 is 0.273 bits per heavy atom. The molecule has 0 aliphatic heterocycles. The summed E-state index contributed by atoms with van der Waals surface area (Å²) in [4.78, 5) is 26.7. The van der Waals surface area contributed by atoms with Crippen molar-refractivity contribution in [3.05, 3.63) is 347 Å². The maximum Gasteiger partial charge on any atom is 2.00 e. The summed E-state index contributed by atoms with van der Waals surface area (Å²) in [6.45, 7) is 12.3. The molecule has 10 nitrogen and oxygen atoms in total. The molecule has 0 saturated carbocycles. The molecule has 0 bridgehead atoms. The van der Waals surface area contributed by atoms with Crippen molar-refractivity contribution in [3.63, 3.8) is 0 Å². The van der Waals surface area contributed by atoms with E-state index < -0.39 is 14.2 Å². The Bertz CT molecular complexity index is 4420. The van der Waals surface area contributed by atoms with E-state index in [9.17, 15) is 0 Å². The van der Waals surface area contributed by atoms with Gasteiger partial charge in [-0.05, 0) is 173 Å². The smallest absolute Gasteiger partial charge is 0.423 e. The van der Waals surface area contributed by atoms with Crippen LogP contribution >= 0.6 is 31.9 Å². The predicted octanol–water partition coefficient (Wildman–Crippen LogP) is 18.1. The second-order valence-corrected chi connectivity index (χ2v) is 25.1. The predicted molar refractivity (Wildman–Crippen MR) is 409 cm³/mol. The summed E-state index contributed by atoms with van der Waals surface area (Å²) in [5, 5.41) is 35.1. The van der Waals surface area contributed by atoms with Crippen molar-refractivity contribution in [1.29, 1.82) is 0 Å². The van der Waals surface area contributed by atoms with Crippen molar-refractivity contribution < 1.29 is 41.2 Å². The van der Waals surface area contributed by atoms with E-state index in [0.29, 0.717) is 0 Å². The average Bonchev–Trinajstić information content (AvgIpc) is 0.806. The van der Waals surface area contributed by atoms with Gasteiger partial charge in [0.15, 0.2) is 0 Å². The number of hydrogen-bond acceptors (Lipinski definition) is 10. The van der Waals surface area contributed by atoms with Crippen LogP contribution in [0.25, 0.3) is 101 Å². The molecule has 6 heterocycles. The Morgan fingerprint density at radius 2 is 0.566 bits per heavy atom. The Balaban J connectivity index is 0.000000158. The molecule has 99 heavy (non-hydrogen) atoms. The topological polar surface area (TPSA) is 158 Å². The van der Waals surface area contributed by atoms with E-state index in [4.69, 9.17) is 20.1 Å². The van der Waals surface area contributed by atoms with Crippen LogP contribution in [0, 0.1) is 53.7 Å². The molecule has 0 aliphatic carbocycles. The van der Waals surface area contributed by atoms with Crippen LogP contribution < -0.4 is 10.9 Å². The summed E-state index contributed by atoms with van der Waals surface area (Å²) in [6.07, 6.45) is 11.3. The fourth-order valence-electron chi connectivity index (χ4n) is 10.4. The van der Waals surface area contributed by atoms with Crippen molar-refractivity contribution in [1.82, 2.24) is 29.9 Å². The normalized spacial score (nSPS) is 10.3. The summed E-state index contributed by atoms with van der Waals surface area (Å²) in [5.74, 6) is 0. The molecule has 8 aromatic carbocycles. The second-order valence-electron chi connectivity index (χ2n) is 23.4. The summed E-state index contributed by atoms with van der Waals surface area (Å²) >= 11 is 6.68. The van der Waals surface area contributed by atoms with E-state index in [1.165, 1.54) is 45.5 Å². The van der Waals surface area contributed by atoms with Gasteiger partial charge >= 0.3 is 35.3 Å². The molecule has 0 fully saturated rings. The van der Waals surface area contributed by atoms with Gasteiger partial charge in [0.2, 0.25) is 0 Å². The zero-order chi connectivity index (χ0) is 68.9. The molecule has 4 N–H and O–H groups in total. The van der Waals surface area contributed by atoms with Gasteiger partial charge in [-0.15, -0.1) is 70.8 Å². The van der Waals surface area contributed by atoms with E-state index in [2.05, 4.69) is 276 Å². The van der Waals surface area contributed by atoms with Crippen molar-refractivity contribution in [2.24, 2.45) is 0 Å². The van der Waals surface area contributed by atoms with Crippen LogP contribution in [0.1, 0.15) is 33.4 Å². The van der Waals surface area contributed by atoms with Gasteiger partial charge in [0, 0.05) is 69.7 Å². The molecule has 14 aromatic rings. The van der Waals surface area contributed by atoms with Gasteiger partial charge in [-0.25, -0.2) is 4.98 Å². The van der Waals surface area contributed by atoms with Gasteiger partial charge in [0.1, 0.15) is 4.60 Å². The molecule has 15 heteroatoms. The minimum atomic E-state index is -1.68. The number of hydrogen-bond donors (Lipinski definition) is 4. The van der Waals surface area contributed by atoms with Gasteiger partial charge in [0.25, 0.3) is 0 Å². The van der Waals surface area contributed by atoms with Gasteiger partial charge in [-0.3, -0.25) is 24.9 Å². The third-order valence-corrected chi connectivity index (χ3v) is 16.6. The van der Waals surface area contributed by atoms with E-state index in [-0.39, 0.29) is 32.0 Å². The number of rotatable bonds is 11. The standard InChI is InChI=1S/C30H24N2.C30H22N2.C12H10BrN.C6H8B2O4.C6H6BrN.Pt/c2*1-21-13-15-29(31-19-21)25-9-5-7-23(17-25)27-11-3-4-12-28(27)24-8-6-10-26(18-24)30-16-14-22(2)20-32-30;1-9-5-6-12(14-8-9)10-3-2-4-11(13)7-10;9-7(10)5-3-1-2-4-6(5)8(11)12;1-5-2-3-6(7)8-4-5;/h3-20H,1-2H3;3-16,19-20H,1-2H3;2-8H,1H3;1-4,9-12H;2-4H,1H3;/q;-2;;;;+2. The molecular weight excluding hydrogens is 1530 g/mol. The monoisotopic (exact) mass is 1600 g/mol. The molecule has 0 unspecified atom stereocenters. The molecule has 0 atom stereocenters. The number of benzene rings is 8. The van der Waals surface area contributed by atoms with E-state index in [0.717, 1.165) is 110 Å². The average molecular weight is 1600 g/mol. The van der Waals surface area contributed by atoms with Crippen LogP contribution in [0.4, 0.5) is 0 Å². The quantitative estimate of drug-likeness (QED) is 0.0558. The van der Waals surface area contributed by atoms with Crippen LogP contribution in [0.2, 0.25) is 0 Å². The molecule has 490 valence electrons. The van der Waals surface area contributed by atoms with Gasteiger partial charge in [-0.1, -0.05) is 197 Å². The summed E-state index contributed by atoms with van der Waals surface area (Å²) < 4.78 is 1.97. The first-order valence-corrected chi connectivity index (χ1v) is 33.3. The van der Waals surface area contributed by atoms with Gasteiger partial charge in [0.05, 0.1) is 17.1 Å². The van der Waals surface area contributed by atoms with E-state index >= 15 is 0 Å². The maximum atomic E-state index is 8.79. The van der Waals surface area contributed by atoms with Crippen molar-refractivity contribution >= 4 is 57.0 Å². The fraction of sp³-hybridized carbons (Fsp3) is 0.0714.